The van der Waals surface area contributed by atoms with E-state index in [-0.39, 0.29) is 0 Å². The Balaban J connectivity index is 1.70. The van der Waals surface area contributed by atoms with Crippen molar-refractivity contribution >= 4 is 5.69 Å². The Morgan fingerprint density at radius 1 is 1.11 bits per heavy atom. The molecule has 1 fully saturated rings. The molecular formula is C17H19NO. The van der Waals surface area contributed by atoms with Crippen molar-refractivity contribution in [2.24, 2.45) is 0 Å². The summed E-state index contributed by atoms with van der Waals surface area (Å²) in [6.45, 7) is 0.834. The lowest BCUT2D eigenvalue weighted by Crippen LogP contribution is -2.01. The molecule has 1 N–H and O–H groups in total. The first-order valence-electron chi connectivity index (χ1n) is 6.82. The highest BCUT2D eigenvalue weighted by molar-refractivity contribution is 5.56. The fourth-order valence-electron chi connectivity index (χ4n) is 2.36. The summed E-state index contributed by atoms with van der Waals surface area (Å²) >= 11 is 0. The fraction of sp³-hybridized carbons (Fsp3) is 0.294. The molecule has 0 unspecified atom stereocenters. The molecule has 0 aliphatic heterocycles. The van der Waals surface area contributed by atoms with Crippen molar-refractivity contribution in [3.63, 3.8) is 0 Å². The number of rotatable bonds is 5. The number of hydrogen-bond donors (Lipinski definition) is 1. The predicted molar refractivity (Wildman–Crippen MR) is 78.7 cm³/mol. The van der Waals surface area contributed by atoms with Gasteiger partial charge in [-0.15, -0.1) is 0 Å². The number of anilines is 1. The zero-order valence-electron chi connectivity index (χ0n) is 11.2. The third kappa shape index (κ3) is 2.90. The molecule has 0 spiro atoms. The second-order valence-electron chi connectivity index (χ2n) is 5.07. The molecule has 2 aromatic rings. The van der Waals surface area contributed by atoms with Crippen LogP contribution in [0.2, 0.25) is 0 Å². The van der Waals surface area contributed by atoms with E-state index in [4.69, 9.17) is 4.74 Å². The lowest BCUT2D eigenvalue weighted by Gasteiger charge is -2.11. The highest BCUT2D eigenvalue weighted by atomic mass is 16.5. The molecule has 2 aromatic carbocycles. The van der Waals surface area contributed by atoms with Crippen LogP contribution < -0.4 is 10.1 Å². The Labute approximate surface area is 114 Å². The van der Waals surface area contributed by atoms with Crippen LogP contribution in [0.4, 0.5) is 5.69 Å². The smallest absolute Gasteiger partial charge is 0.141 e. The van der Waals surface area contributed by atoms with Crippen LogP contribution in [0.1, 0.15) is 29.9 Å². The number of para-hydroxylation sites is 2. The van der Waals surface area contributed by atoms with Gasteiger partial charge in [-0.2, -0.15) is 0 Å². The SMILES string of the molecule is COc1ccccc1NCc1cccc(C2CC2)c1. The Morgan fingerprint density at radius 2 is 1.95 bits per heavy atom. The van der Waals surface area contributed by atoms with Crippen molar-refractivity contribution in [2.75, 3.05) is 12.4 Å². The summed E-state index contributed by atoms with van der Waals surface area (Å²) in [5.74, 6) is 1.70. The van der Waals surface area contributed by atoms with Gasteiger partial charge in [-0.1, -0.05) is 36.4 Å². The predicted octanol–water partition coefficient (Wildman–Crippen LogP) is 4.18. The standard InChI is InChI=1S/C17H19NO/c1-19-17-8-3-2-7-16(17)18-12-13-5-4-6-15(11-13)14-9-10-14/h2-8,11,14,18H,9-10,12H2,1H3. The number of ether oxygens (including phenoxy) is 1. The van der Waals surface area contributed by atoms with Crippen LogP contribution in [-0.4, -0.2) is 7.11 Å². The van der Waals surface area contributed by atoms with Gasteiger partial charge in [-0.3, -0.25) is 0 Å². The van der Waals surface area contributed by atoms with E-state index >= 15 is 0 Å². The minimum absolute atomic E-state index is 0.811. The Hall–Kier alpha value is -1.96. The largest absolute Gasteiger partial charge is 0.495 e. The number of nitrogens with one attached hydrogen (secondary N) is 1. The molecule has 19 heavy (non-hydrogen) atoms. The maximum atomic E-state index is 5.34. The normalized spacial score (nSPS) is 14.2. The molecule has 0 saturated heterocycles. The lowest BCUT2D eigenvalue weighted by atomic mass is 10.1. The molecule has 1 aliphatic carbocycles. The number of benzene rings is 2. The lowest BCUT2D eigenvalue weighted by molar-refractivity contribution is 0.416. The average molecular weight is 253 g/mol. The molecule has 0 bridgehead atoms. The van der Waals surface area contributed by atoms with Crippen molar-refractivity contribution in [2.45, 2.75) is 25.3 Å². The molecule has 98 valence electrons. The summed E-state index contributed by atoms with van der Waals surface area (Å²) in [5.41, 5.74) is 3.86. The van der Waals surface area contributed by atoms with Gasteiger partial charge in [0, 0.05) is 6.54 Å². The molecule has 0 atom stereocenters. The van der Waals surface area contributed by atoms with Gasteiger partial charge in [-0.05, 0) is 42.0 Å². The first kappa shape index (κ1) is 12.1. The van der Waals surface area contributed by atoms with E-state index in [0.717, 1.165) is 23.9 Å². The van der Waals surface area contributed by atoms with Gasteiger partial charge in [0.1, 0.15) is 5.75 Å². The topological polar surface area (TPSA) is 21.3 Å². The minimum atomic E-state index is 0.811. The van der Waals surface area contributed by atoms with Gasteiger partial charge >= 0.3 is 0 Å². The Kier molecular flexibility index (Phi) is 3.41. The molecule has 1 saturated carbocycles. The number of hydrogen-bond acceptors (Lipinski definition) is 2. The molecule has 0 amide bonds. The quantitative estimate of drug-likeness (QED) is 0.863. The molecular weight excluding hydrogens is 234 g/mol. The van der Waals surface area contributed by atoms with Crippen molar-refractivity contribution in [3.8, 4) is 5.75 Å². The van der Waals surface area contributed by atoms with Gasteiger partial charge in [0.05, 0.1) is 12.8 Å². The van der Waals surface area contributed by atoms with Gasteiger partial charge in [-0.25, -0.2) is 0 Å². The summed E-state index contributed by atoms with van der Waals surface area (Å²) in [5, 5.41) is 3.44. The average Bonchev–Trinajstić information content (AvgIpc) is 3.30. The highest BCUT2D eigenvalue weighted by Crippen LogP contribution is 2.40. The van der Waals surface area contributed by atoms with E-state index in [1.807, 2.05) is 24.3 Å². The van der Waals surface area contributed by atoms with Crippen molar-refractivity contribution in [1.29, 1.82) is 0 Å². The zero-order valence-corrected chi connectivity index (χ0v) is 11.2. The highest BCUT2D eigenvalue weighted by Gasteiger charge is 2.23. The summed E-state index contributed by atoms with van der Waals surface area (Å²) in [6, 6.07) is 16.9. The first-order chi connectivity index (χ1) is 9.36. The van der Waals surface area contributed by atoms with Crippen LogP contribution in [0, 0.1) is 0 Å². The third-order valence-electron chi connectivity index (χ3n) is 3.59. The maximum absolute atomic E-state index is 5.34. The second kappa shape index (κ2) is 5.35. The summed E-state index contributed by atoms with van der Waals surface area (Å²) in [6.07, 6.45) is 2.70. The van der Waals surface area contributed by atoms with Crippen molar-refractivity contribution in [3.05, 3.63) is 59.7 Å². The van der Waals surface area contributed by atoms with E-state index in [1.165, 1.54) is 24.0 Å². The molecule has 0 aromatic heterocycles. The van der Waals surface area contributed by atoms with E-state index in [2.05, 4.69) is 29.6 Å². The molecule has 1 aliphatic rings. The van der Waals surface area contributed by atoms with Crippen LogP contribution in [0.25, 0.3) is 0 Å². The fourth-order valence-corrected chi connectivity index (χ4v) is 2.36. The summed E-state index contributed by atoms with van der Waals surface area (Å²) in [7, 11) is 1.70. The van der Waals surface area contributed by atoms with Gasteiger partial charge in [0.2, 0.25) is 0 Å². The van der Waals surface area contributed by atoms with Gasteiger partial charge < -0.3 is 10.1 Å². The van der Waals surface area contributed by atoms with Crippen molar-refractivity contribution in [1.82, 2.24) is 0 Å². The molecule has 2 nitrogen and oxygen atoms in total. The maximum Gasteiger partial charge on any atom is 0.141 e. The zero-order chi connectivity index (χ0) is 13.1. The van der Waals surface area contributed by atoms with E-state index in [1.54, 1.807) is 7.11 Å². The molecule has 0 radical (unpaired) electrons. The number of methoxy groups -OCH3 is 1. The van der Waals surface area contributed by atoms with Crippen LogP contribution in [0.5, 0.6) is 5.75 Å². The van der Waals surface area contributed by atoms with Crippen LogP contribution in [0.3, 0.4) is 0 Å². The molecule has 0 heterocycles. The van der Waals surface area contributed by atoms with Crippen LogP contribution >= 0.6 is 0 Å². The van der Waals surface area contributed by atoms with E-state index < -0.39 is 0 Å². The van der Waals surface area contributed by atoms with E-state index in [0.29, 0.717) is 0 Å². The van der Waals surface area contributed by atoms with Gasteiger partial charge in [0.25, 0.3) is 0 Å². The van der Waals surface area contributed by atoms with Gasteiger partial charge in [0.15, 0.2) is 0 Å². The second-order valence-corrected chi connectivity index (χ2v) is 5.07. The van der Waals surface area contributed by atoms with Crippen LogP contribution in [-0.2, 0) is 6.54 Å². The first-order valence-corrected chi connectivity index (χ1v) is 6.82. The van der Waals surface area contributed by atoms with Crippen LogP contribution in [0.15, 0.2) is 48.5 Å². The Morgan fingerprint density at radius 3 is 2.74 bits per heavy atom. The summed E-state index contributed by atoms with van der Waals surface area (Å²) < 4.78 is 5.34. The Bertz CT molecular complexity index is 561. The monoisotopic (exact) mass is 253 g/mol. The van der Waals surface area contributed by atoms with E-state index in [9.17, 15) is 0 Å². The molecule has 3 rings (SSSR count). The molecule has 2 heteroatoms. The third-order valence-corrected chi connectivity index (χ3v) is 3.59. The summed E-state index contributed by atoms with van der Waals surface area (Å²) in [4.78, 5) is 0. The minimum Gasteiger partial charge on any atom is -0.495 e. The van der Waals surface area contributed by atoms with Crippen molar-refractivity contribution < 1.29 is 4.74 Å².